The first-order chi connectivity index (χ1) is 17.5. The summed E-state index contributed by atoms with van der Waals surface area (Å²) in [5.74, 6) is -1.01. The zero-order chi connectivity index (χ0) is 28.2. The molecule has 3 heterocycles. The van der Waals surface area contributed by atoms with Crippen LogP contribution in [0.4, 0.5) is 0 Å². The van der Waals surface area contributed by atoms with Crippen molar-refractivity contribution >= 4 is 32.7 Å². The second-order valence-electron chi connectivity index (χ2n) is 12.1. The summed E-state index contributed by atoms with van der Waals surface area (Å²) in [5, 5.41) is 13.3. The average Bonchev–Trinajstić information content (AvgIpc) is 3.14. The molecule has 0 radical (unpaired) electrons. The molecule has 3 N–H and O–H groups in total. The van der Waals surface area contributed by atoms with Gasteiger partial charge >= 0.3 is 0 Å². The van der Waals surface area contributed by atoms with E-state index < -0.39 is 45.4 Å². The summed E-state index contributed by atoms with van der Waals surface area (Å²) in [5.41, 5.74) is -0.342. The van der Waals surface area contributed by atoms with Crippen LogP contribution in [0.5, 0.6) is 0 Å². The van der Waals surface area contributed by atoms with E-state index in [9.17, 15) is 28.1 Å². The first-order valence-electron chi connectivity index (χ1n) is 12.5. The number of amides is 2. The highest BCUT2D eigenvalue weighted by atomic mass is 32.2. The van der Waals surface area contributed by atoms with Crippen molar-refractivity contribution in [1.29, 1.82) is 5.26 Å². The van der Waals surface area contributed by atoms with Crippen molar-refractivity contribution < 1.29 is 18.0 Å². The van der Waals surface area contributed by atoms with Crippen molar-refractivity contribution in [2.45, 2.75) is 59.2 Å². The number of piperidine rings is 1. The van der Waals surface area contributed by atoms with Gasteiger partial charge in [0.05, 0.1) is 17.8 Å². The Morgan fingerprint density at radius 1 is 1.34 bits per heavy atom. The van der Waals surface area contributed by atoms with Gasteiger partial charge in [-0.1, -0.05) is 34.6 Å². The minimum absolute atomic E-state index is 0.0270. The van der Waals surface area contributed by atoms with E-state index in [0.29, 0.717) is 23.0 Å². The van der Waals surface area contributed by atoms with Gasteiger partial charge in [0, 0.05) is 36.3 Å². The number of H-pyrrole nitrogens is 1. The van der Waals surface area contributed by atoms with E-state index in [1.54, 1.807) is 45.3 Å². The highest BCUT2D eigenvalue weighted by Crippen LogP contribution is 2.65. The van der Waals surface area contributed by atoms with Crippen LogP contribution >= 0.6 is 0 Å². The predicted molar refractivity (Wildman–Crippen MR) is 141 cm³/mol. The molecular weight excluding hydrogens is 508 g/mol. The number of nitrogens with zero attached hydrogens (tertiary/aromatic N) is 3. The Hall–Kier alpha value is -3.30. The van der Waals surface area contributed by atoms with Crippen molar-refractivity contribution in [2.24, 2.45) is 22.7 Å². The lowest BCUT2D eigenvalue weighted by molar-refractivity contribution is -0.143. The van der Waals surface area contributed by atoms with Crippen molar-refractivity contribution in [3.8, 4) is 6.07 Å². The van der Waals surface area contributed by atoms with Crippen LogP contribution in [0.2, 0.25) is 0 Å². The smallest absolute Gasteiger partial charge is 0.251 e. The lowest BCUT2D eigenvalue weighted by Gasteiger charge is -2.37. The van der Waals surface area contributed by atoms with Crippen LogP contribution in [0.1, 0.15) is 40.2 Å². The van der Waals surface area contributed by atoms with Gasteiger partial charge in [-0.25, -0.2) is 13.1 Å². The zero-order valence-electron chi connectivity index (χ0n) is 22.4. The summed E-state index contributed by atoms with van der Waals surface area (Å²) < 4.78 is 26.5. The van der Waals surface area contributed by atoms with Crippen LogP contribution in [0.15, 0.2) is 29.3 Å². The van der Waals surface area contributed by atoms with Gasteiger partial charge in [0.1, 0.15) is 18.1 Å². The van der Waals surface area contributed by atoms with E-state index in [2.05, 4.69) is 26.1 Å². The molecule has 0 spiro atoms. The predicted octanol–water partition coefficient (Wildman–Crippen LogP) is 0.921. The van der Waals surface area contributed by atoms with Crippen LogP contribution in [0.3, 0.4) is 0 Å². The van der Waals surface area contributed by atoms with Crippen LogP contribution in [-0.4, -0.2) is 66.0 Å². The number of hydrogen-bond donors (Lipinski definition) is 3. The van der Waals surface area contributed by atoms with Crippen LogP contribution in [0.25, 0.3) is 10.9 Å². The molecule has 11 nitrogen and oxygen atoms in total. The molecule has 1 aliphatic heterocycles. The second kappa shape index (κ2) is 9.47. The fourth-order valence-electron chi connectivity index (χ4n) is 5.64. The van der Waals surface area contributed by atoms with Gasteiger partial charge in [0.25, 0.3) is 5.56 Å². The van der Waals surface area contributed by atoms with Gasteiger partial charge in [-0.3, -0.25) is 19.4 Å². The fourth-order valence-corrected chi connectivity index (χ4v) is 6.52. The minimum atomic E-state index is -3.70. The second-order valence-corrected chi connectivity index (χ2v) is 13.8. The normalized spacial score (nSPS) is 23.8. The van der Waals surface area contributed by atoms with E-state index in [4.69, 9.17) is 0 Å². The maximum absolute atomic E-state index is 13.7. The van der Waals surface area contributed by atoms with Crippen LogP contribution in [0, 0.1) is 34.0 Å². The maximum Gasteiger partial charge on any atom is 0.251 e. The highest BCUT2D eigenvalue weighted by molar-refractivity contribution is 7.88. The molecule has 38 heavy (non-hydrogen) atoms. The summed E-state index contributed by atoms with van der Waals surface area (Å²) >= 11 is 0. The summed E-state index contributed by atoms with van der Waals surface area (Å²) in [6, 6.07) is 2.44. The van der Waals surface area contributed by atoms with Crippen molar-refractivity contribution in [2.75, 3.05) is 12.8 Å². The number of sulfonamides is 1. The third-order valence-corrected chi connectivity index (χ3v) is 8.49. The molecule has 4 rings (SSSR count). The molecular formula is C26H34N6O5S. The topological polar surface area (TPSA) is 165 Å². The monoisotopic (exact) mass is 542 g/mol. The fraction of sp³-hybridized carbons (Fsp3) is 0.577. The van der Waals surface area contributed by atoms with E-state index in [-0.39, 0.29) is 29.2 Å². The molecule has 2 fully saturated rings. The maximum atomic E-state index is 13.7. The number of aromatic nitrogens is 2. The van der Waals surface area contributed by atoms with E-state index in [1.807, 2.05) is 13.8 Å². The third-order valence-electron chi connectivity index (χ3n) is 7.82. The van der Waals surface area contributed by atoms with Gasteiger partial charge < -0.3 is 15.2 Å². The number of carbonyl (C=O) groups is 2. The number of carbonyl (C=O) groups excluding carboxylic acids is 2. The lowest BCUT2D eigenvalue weighted by Crippen LogP contribution is -2.59. The molecule has 12 heteroatoms. The Balaban J connectivity index is 1.58. The lowest BCUT2D eigenvalue weighted by atomic mass is 9.86. The molecule has 2 aromatic rings. The quantitative estimate of drug-likeness (QED) is 0.468. The summed E-state index contributed by atoms with van der Waals surface area (Å²) in [6.07, 6.45) is 4.13. The molecule has 1 aliphatic carbocycles. The number of hydrogen-bond acceptors (Lipinski definition) is 7. The standard InChI is InChI=1S/C26H34N6O5S/c1-25(2,3)21(31-38(6,36)37)24(35)32-13-17-19(26(17,4)5)20(32)23(34)29-16(11-27)10-14-9-15-12-28-8-7-18(15)30-22(14)33/h7-9,12,16-17,19-21,31H,10,13H2,1-6H3,(H,29,34)(H,30,33)/t16?,17-,19+,20-,21+/m0/s1. The SMILES string of the molecule is CC(C)(C)[C@H](NS(C)(=O)=O)C(=O)N1C[C@H]2[C@H]([C@H]1C(=O)NC(C#N)Cc1cc3cnccc3[nH]c1=O)C2(C)C. The Bertz CT molecular complexity index is 1490. The molecule has 2 aromatic heterocycles. The van der Waals surface area contributed by atoms with Crippen molar-refractivity contribution in [1.82, 2.24) is 24.9 Å². The molecule has 2 aliphatic rings. The van der Waals surface area contributed by atoms with Crippen molar-refractivity contribution in [3.63, 3.8) is 0 Å². The number of nitriles is 1. The Labute approximate surface area is 222 Å². The third kappa shape index (κ3) is 5.31. The Kier molecular flexibility index (Phi) is 6.91. The molecule has 0 bridgehead atoms. The molecule has 1 saturated carbocycles. The first kappa shape index (κ1) is 27.7. The molecule has 1 unspecified atom stereocenters. The molecule has 1 saturated heterocycles. The number of fused-ring (bicyclic) bond motifs is 2. The molecule has 2 amide bonds. The van der Waals surface area contributed by atoms with Crippen molar-refractivity contribution in [3.05, 3.63) is 40.4 Å². The summed E-state index contributed by atoms with van der Waals surface area (Å²) in [4.78, 5) is 48.1. The van der Waals surface area contributed by atoms with Crippen LogP contribution < -0.4 is 15.6 Å². The van der Waals surface area contributed by atoms with Gasteiger partial charge in [-0.2, -0.15) is 5.26 Å². The van der Waals surface area contributed by atoms with E-state index in [0.717, 1.165) is 6.26 Å². The number of nitrogens with one attached hydrogen (secondary N) is 3. The molecule has 0 aromatic carbocycles. The Morgan fingerprint density at radius 3 is 2.63 bits per heavy atom. The number of pyridine rings is 2. The van der Waals surface area contributed by atoms with Gasteiger partial charge in [0.15, 0.2) is 0 Å². The van der Waals surface area contributed by atoms with Gasteiger partial charge in [0.2, 0.25) is 21.8 Å². The number of rotatable bonds is 7. The zero-order valence-corrected chi connectivity index (χ0v) is 23.2. The summed E-state index contributed by atoms with van der Waals surface area (Å²) in [6.45, 7) is 9.65. The number of likely N-dealkylation sites (tertiary alicyclic amines) is 1. The summed E-state index contributed by atoms with van der Waals surface area (Å²) in [7, 11) is -3.70. The van der Waals surface area contributed by atoms with E-state index in [1.165, 1.54) is 4.90 Å². The number of aromatic amines is 1. The first-order valence-corrected chi connectivity index (χ1v) is 14.4. The van der Waals surface area contributed by atoms with Crippen LogP contribution in [-0.2, 0) is 26.0 Å². The Morgan fingerprint density at radius 2 is 2.03 bits per heavy atom. The van der Waals surface area contributed by atoms with E-state index >= 15 is 0 Å². The van der Waals surface area contributed by atoms with Gasteiger partial charge in [-0.05, 0) is 34.8 Å². The highest BCUT2D eigenvalue weighted by Gasteiger charge is 2.69. The molecule has 5 atom stereocenters. The average molecular weight is 543 g/mol. The molecule has 204 valence electrons. The largest absolute Gasteiger partial charge is 0.338 e. The van der Waals surface area contributed by atoms with Gasteiger partial charge in [-0.15, -0.1) is 0 Å². The minimum Gasteiger partial charge on any atom is -0.338 e.